The van der Waals surface area contributed by atoms with Gasteiger partial charge in [-0.25, -0.2) is 4.79 Å². The number of carbonyl (C=O) groups excluding carboxylic acids is 3. The molecule has 1 aliphatic rings. The van der Waals surface area contributed by atoms with E-state index in [-0.39, 0.29) is 50.8 Å². The summed E-state index contributed by atoms with van der Waals surface area (Å²) in [7, 11) is 0. The summed E-state index contributed by atoms with van der Waals surface area (Å²) in [5.41, 5.74) is 2.20. The Kier molecular flexibility index (Phi) is 8.99. The molecule has 3 aromatic rings. The standard InChI is InChI=1S/C27H33N5O7/c1-17-7-8-19-15-22(17)38-14-10-28-23(34)16-31(11-9-29-26(36)24(18(2)33)30-25(19)35)12-13-32-20-5-3-4-6-21(20)39-27(32)37/h3-8,15,18,24,33H,9-14,16H2,1-2H3,(H,28,34)(H,29,36)(H,30,35)/t18-,24+/m1/s1. The minimum absolute atomic E-state index is 0.0193. The summed E-state index contributed by atoms with van der Waals surface area (Å²) in [5, 5.41) is 18.3. The smallest absolute Gasteiger partial charge is 0.419 e. The van der Waals surface area contributed by atoms with Gasteiger partial charge in [0.15, 0.2) is 5.58 Å². The van der Waals surface area contributed by atoms with E-state index in [1.165, 1.54) is 11.5 Å². The largest absolute Gasteiger partial charge is 0.491 e. The predicted octanol–water partition coefficient (Wildman–Crippen LogP) is 0.00912. The Balaban J connectivity index is 1.50. The molecule has 12 nitrogen and oxygen atoms in total. The molecule has 2 heterocycles. The molecule has 4 rings (SSSR count). The maximum atomic E-state index is 12.9. The maximum absolute atomic E-state index is 12.9. The van der Waals surface area contributed by atoms with Crippen molar-refractivity contribution in [3.8, 4) is 5.75 Å². The van der Waals surface area contributed by atoms with E-state index in [1.807, 2.05) is 13.0 Å². The van der Waals surface area contributed by atoms with Gasteiger partial charge in [-0.3, -0.25) is 23.9 Å². The number of hydrogen-bond donors (Lipinski definition) is 4. The van der Waals surface area contributed by atoms with E-state index in [2.05, 4.69) is 16.0 Å². The molecule has 0 saturated carbocycles. The van der Waals surface area contributed by atoms with E-state index in [9.17, 15) is 24.3 Å². The number of aromatic nitrogens is 1. The first-order chi connectivity index (χ1) is 18.7. The Bertz CT molecular complexity index is 1400. The van der Waals surface area contributed by atoms with E-state index >= 15 is 0 Å². The summed E-state index contributed by atoms with van der Waals surface area (Å²) in [5.74, 6) is -1.36. The number of aliphatic hydroxyl groups excluding tert-OH is 1. The van der Waals surface area contributed by atoms with Crippen LogP contribution in [-0.2, 0) is 16.1 Å². The molecular weight excluding hydrogens is 506 g/mol. The van der Waals surface area contributed by atoms with Crippen molar-refractivity contribution in [1.82, 2.24) is 25.4 Å². The Morgan fingerprint density at radius 1 is 1.05 bits per heavy atom. The van der Waals surface area contributed by atoms with Gasteiger partial charge < -0.3 is 30.2 Å². The van der Waals surface area contributed by atoms with Crippen LogP contribution in [0.5, 0.6) is 5.75 Å². The fraction of sp³-hybridized carbons (Fsp3) is 0.407. The first-order valence-electron chi connectivity index (χ1n) is 12.8. The second kappa shape index (κ2) is 12.6. The quantitative estimate of drug-likeness (QED) is 0.361. The second-order valence-electron chi connectivity index (χ2n) is 9.42. The minimum atomic E-state index is -1.19. The number of oxazole rings is 1. The molecular formula is C27H33N5O7. The Labute approximate surface area is 224 Å². The first-order valence-corrected chi connectivity index (χ1v) is 12.8. The number of aryl methyl sites for hydroxylation is 1. The van der Waals surface area contributed by atoms with Gasteiger partial charge in [-0.1, -0.05) is 18.2 Å². The molecule has 0 unspecified atom stereocenters. The van der Waals surface area contributed by atoms with Gasteiger partial charge in [-0.2, -0.15) is 0 Å². The summed E-state index contributed by atoms with van der Waals surface area (Å²) in [4.78, 5) is 52.6. The van der Waals surface area contributed by atoms with Crippen LogP contribution in [0, 0.1) is 6.92 Å². The Morgan fingerprint density at radius 2 is 1.85 bits per heavy atom. The highest BCUT2D eigenvalue weighted by atomic mass is 16.5. The molecule has 3 amide bonds. The number of aliphatic hydroxyl groups is 1. The van der Waals surface area contributed by atoms with Crippen LogP contribution in [0.2, 0.25) is 0 Å². The summed E-state index contributed by atoms with van der Waals surface area (Å²) < 4.78 is 12.6. The van der Waals surface area contributed by atoms with Gasteiger partial charge in [0.1, 0.15) is 18.4 Å². The molecule has 2 atom stereocenters. The van der Waals surface area contributed by atoms with E-state index in [0.717, 1.165) is 5.56 Å². The zero-order valence-electron chi connectivity index (χ0n) is 21.9. The Hall–Kier alpha value is -4.16. The first kappa shape index (κ1) is 27.9. The topological polar surface area (TPSA) is 155 Å². The van der Waals surface area contributed by atoms with E-state index in [1.54, 1.807) is 41.3 Å². The van der Waals surface area contributed by atoms with Crippen LogP contribution < -0.4 is 26.4 Å². The number of carbonyl (C=O) groups is 3. The number of nitrogens with one attached hydrogen (secondary N) is 3. The molecule has 0 aliphatic carbocycles. The number of para-hydroxylation sites is 2. The zero-order chi connectivity index (χ0) is 27.9. The molecule has 208 valence electrons. The third-order valence-corrected chi connectivity index (χ3v) is 6.49. The average Bonchev–Trinajstić information content (AvgIpc) is 3.22. The maximum Gasteiger partial charge on any atom is 0.419 e. The third-order valence-electron chi connectivity index (χ3n) is 6.49. The van der Waals surface area contributed by atoms with Gasteiger partial charge in [-0.05, 0) is 43.7 Å². The monoisotopic (exact) mass is 539 g/mol. The molecule has 0 spiro atoms. The van der Waals surface area contributed by atoms with Crippen molar-refractivity contribution < 1.29 is 28.6 Å². The lowest BCUT2D eigenvalue weighted by Crippen LogP contribution is -2.53. The fourth-order valence-electron chi connectivity index (χ4n) is 4.32. The van der Waals surface area contributed by atoms with E-state index in [4.69, 9.17) is 9.15 Å². The molecule has 1 aromatic heterocycles. The number of amides is 3. The fourth-order valence-corrected chi connectivity index (χ4v) is 4.32. The van der Waals surface area contributed by atoms with Gasteiger partial charge in [-0.15, -0.1) is 0 Å². The van der Waals surface area contributed by atoms with Crippen molar-refractivity contribution >= 4 is 28.8 Å². The molecule has 39 heavy (non-hydrogen) atoms. The molecule has 0 saturated heterocycles. The molecule has 0 fully saturated rings. The summed E-state index contributed by atoms with van der Waals surface area (Å²) in [6.07, 6.45) is -1.15. The summed E-state index contributed by atoms with van der Waals surface area (Å²) >= 11 is 0. The number of fused-ring (bicyclic) bond motifs is 3. The van der Waals surface area contributed by atoms with Gasteiger partial charge in [0.2, 0.25) is 11.8 Å². The highest BCUT2D eigenvalue weighted by Gasteiger charge is 2.26. The van der Waals surface area contributed by atoms with Crippen molar-refractivity contribution in [2.24, 2.45) is 0 Å². The van der Waals surface area contributed by atoms with Crippen LogP contribution in [0.4, 0.5) is 0 Å². The number of rotatable bonds is 4. The van der Waals surface area contributed by atoms with E-state index in [0.29, 0.717) is 23.4 Å². The average molecular weight is 540 g/mol. The zero-order valence-corrected chi connectivity index (χ0v) is 21.9. The van der Waals surface area contributed by atoms with Gasteiger partial charge in [0.05, 0.1) is 24.7 Å². The summed E-state index contributed by atoms with van der Waals surface area (Å²) in [6, 6.07) is 10.8. The van der Waals surface area contributed by atoms with E-state index < -0.39 is 29.7 Å². The lowest BCUT2D eigenvalue weighted by Gasteiger charge is -2.24. The van der Waals surface area contributed by atoms with Crippen LogP contribution in [0.25, 0.3) is 11.1 Å². The molecule has 12 heteroatoms. The molecule has 4 N–H and O–H groups in total. The van der Waals surface area contributed by atoms with Crippen LogP contribution in [0.3, 0.4) is 0 Å². The predicted molar refractivity (Wildman–Crippen MR) is 143 cm³/mol. The molecule has 2 aromatic carbocycles. The SMILES string of the molecule is Cc1ccc2cc1OCCNC(=O)CN(CCn1c(=O)oc3ccccc31)CCNC(=O)[C@H]([C@@H](C)O)NC2=O. The number of ether oxygens (including phenoxy) is 1. The second-order valence-corrected chi connectivity index (χ2v) is 9.42. The third kappa shape index (κ3) is 7.03. The molecule has 1 aliphatic heterocycles. The number of hydrogen-bond acceptors (Lipinski definition) is 8. The van der Waals surface area contributed by atoms with Crippen molar-refractivity contribution in [1.29, 1.82) is 0 Å². The Morgan fingerprint density at radius 3 is 2.64 bits per heavy atom. The van der Waals surface area contributed by atoms with Crippen LogP contribution in [0.15, 0.2) is 51.7 Å². The van der Waals surface area contributed by atoms with Gasteiger partial charge in [0, 0.05) is 31.7 Å². The van der Waals surface area contributed by atoms with Crippen molar-refractivity contribution in [3.63, 3.8) is 0 Å². The molecule has 0 radical (unpaired) electrons. The van der Waals surface area contributed by atoms with Gasteiger partial charge >= 0.3 is 5.76 Å². The lowest BCUT2D eigenvalue weighted by atomic mass is 10.1. The number of benzene rings is 2. The summed E-state index contributed by atoms with van der Waals surface area (Å²) in [6.45, 7) is 4.71. The van der Waals surface area contributed by atoms with Crippen molar-refractivity contribution in [3.05, 3.63) is 64.1 Å². The van der Waals surface area contributed by atoms with Crippen molar-refractivity contribution in [2.75, 3.05) is 39.3 Å². The van der Waals surface area contributed by atoms with Crippen molar-refractivity contribution in [2.45, 2.75) is 32.5 Å². The van der Waals surface area contributed by atoms with Crippen LogP contribution in [0.1, 0.15) is 22.8 Å². The minimum Gasteiger partial charge on any atom is -0.491 e. The van der Waals surface area contributed by atoms with Crippen LogP contribution >= 0.6 is 0 Å². The van der Waals surface area contributed by atoms with Crippen LogP contribution in [-0.4, -0.2) is 83.8 Å². The highest BCUT2D eigenvalue weighted by molar-refractivity contribution is 5.98. The highest BCUT2D eigenvalue weighted by Crippen LogP contribution is 2.20. The lowest BCUT2D eigenvalue weighted by molar-refractivity contribution is -0.125. The normalized spacial score (nSPS) is 18.9. The molecule has 2 bridgehead atoms. The van der Waals surface area contributed by atoms with Gasteiger partial charge in [0.25, 0.3) is 5.91 Å². The number of nitrogens with zero attached hydrogens (tertiary/aromatic N) is 2.